The first-order valence-electron chi connectivity index (χ1n) is 8.38. The number of hydrogen-bond donors (Lipinski definition) is 2. The number of carbonyl (C=O) groups is 1. The van der Waals surface area contributed by atoms with Crippen molar-refractivity contribution in [2.24, 2.45) is 5.92 Å². The third kappa shape index (κ3) is 6.71. The van der Waals surface area contributed by atoms with Crippen LogP contribution in [-0.4, -0.2) is 38.3 Å². The van der Waals surface area contributed by atoms with Gasteiger partial charge in [-0.15, -0.1) is 0 Å². The van der Waals surface area contributed by atoms with Gasteiger partial charge in [-0.3, -0.25) is 4.79 Å². The molecule has 2 atom stereocenters. The van der Waals surface area contributed by atoms with Gasteiger partial charge in [-0.2, -0.15) is 0 Å². The molecule has 1 aliphatic heterocycles. The van der Waals surface area contributed by atoms with E-state index in [2.05, 4.69) is 24.5 Å². The van der Waals surface area contributed by atoms with Crippen LogP contribution in [0.2, 0.25) is 0 Å². The molecule has 0 bridgehead atoms. The zero-order chi connectivity index (χ0) is 14.6. The van der Waals surface area contributed by atoms with E-state index in [0.717, 1.165) is 25.9 Å². The topological polar surface area (TPSA) is 50.4 Å². The van der Waals surface area contributed by atoms with Gasteiger partial charge >= 0.3 is 0 Å². The molecule has 0 aromatic carbocycles. The highest BCUT2D eigenvalue weighted by atomic mass is 16.5. The molecule has 0 spiro atoms. The molecule has 2 unspecified atom stereocenters. The van der Waals surface area contributed by atoms with Crippen LogP contribution in [0.4, 0.5) is 0 Å². The molecule has 2 N–H and O–H groups in total. The van der Waals surface area contributed by atoms with Crippen molar-refractivity contribution in [2.75, 3.05) is 26.3 Å². The summed E-state index contributed by atoms with van der Waals surface area (Å²) in [6.45, 7) is 7.35. The SMILES string of the molecule is CCCCCCCCNC(=O)C1COCC1NCCC. The van der Waals surface area contributed by atoms with E-state index in [9.17, 15) is 4.79 Å². The Morgan fingerprint density at radius 3 is 2.50 bits per heavy atom. The third-order valence-corrected chi connectivity index (χ3v) is 3.90. The fourth-order valence-corrected chi connectivity index (χ4v) is 2.59. The summed E-state index contributed by atoms with van der Waals surface area (Å²) in [6, 6.07) is 0.194. The Bertz CT molecular complexity index is 259. The molecule has 0 radical (unpaired) electrons. The first-order valence-corrected chi connectivity index (χ1v) is 8.38. The van der Waals surface area contributed by atoms with Gasteiger partial charge in [0.15, 0.2) is 0 Å². The summed E-state index contributed by atoms with van der Waals surface area (Å²) in [5, 5.41) is 6.46. The predicted octanol–water partition coefficient (Wildman–Crippen LogP) is 2.48. The Kier molecular flexibility index (Phi) is 9.67. The number of amides is 1. The predicted molar refractivity (Wildman–Crippen MR) is 82.8 cm³/mol. The second-order valence-corrected chi connectivity index (χ2v) is 5.76. The second kappa shape index (κ2) is 11.1. The molecule has 1 saturated heterocycles. The first kappa shape index (κ1) is 17.4. The van der Waals surface area contributed by atoms with E-state index in [0.29, 0.717) is 13.2 Å². The Labute approximate surface area is 124 Å². The van der Waals surface area contributed by atoms with Gasteiger partial charge in [0, 0.05) is 12.6 Å². The molecule has 0 aromatic rings. The summed E-state index contributed by atoms with van der Waals surface area (Å²) in [7, 11) is 0. The number of rotatable bonds is 11. The molecule has 0 aromatic heterocycles. The van der Waals surface area contributed by atoms with Gasteiger partial charge in [-0.1, -0.05) is 46.0 Å². The lowest BCUT2D eigenvalue weighted by atomic mass is 10.0. The van der Waals surface area contributed by atoms with Crippen molar-refractivity contribution in [2.45, 2.75) is 64.8 Å². The molecule has 1 amide bonds. The minimum atomic E-state index is -0.0124. The molecule has 1 fully saturated rings. The highest BCUT2D eigenvalue weighted by Crippen LogP contribution is 2.14. The largest absolute Gasteiger partial charge is 0.379 e. The number of hydrogen-bond acceptors (Lipinski definition) is 3. The number of carbonyl (C=O) groups excluding carboxylic acids is 1. The van der Waals surface area contributed by atoms with Crippen molar-refractivity contribution in [1.29, 1.82) is 0 Å². The maximum absolute atomic E-state index is 12.1. The lowest BCUT2D eigenvalue weighted by Crippen LogP contribution is -2.44. The van der Waals surface area contributed by atoms with E-state index >= 15 is 0 Å². The summed E-state index contributed by atoms with van der Waals surface area (Å²) < 4.78 is 5.44. The monoisotopic (exact) mass is 284 g/mol. The Balaban J connectivity index is 2.09. The molecular formula is C16H32N2O2. The van der Waals surface area contributed by atoms with Crippen molar-refractivity contribution in [3.63, 3.8) is 0 Å². The van der Waals surface area contributed by atoms with Gasteiger partial charge in [0.25, 0.3) is 0 Å². The number of ether oxygens (including phenoxy) is 1. The van der Waals surface area contributed by atoms with Crippen molar-refractivity contribution in [3.8, 4) is 0 Å². The molecular weight excluding hydrogens is 252 g/mol. The third-order valence-electron chi connectivity index (χ3n) is 3.90. The van der Waals surface area contributed by atoms with Gasteiger partial charge in [-0.05, 0) is 19.4 Å². The van der Waals surface area contributed by atoms with Gasteiger partial charge in [0.2, 0.25) is 5.91 Å². The van der Waals surface area contributed by atoms with E-state index in [1.165, 1.54) is 32.1 Å². The average molecular weight is 284 g/mol. The zero-order valence-corrected chi connectivity index (χ0v) is 13.2. The van der Waals surface area contributed by atoms with Crippen molar-refractivity contribution >= 4 is 5.91 Å². The van der Waals surface area contributed by atoms with E-state index in [1.807, 2.05) is 0 Å². The van der Waals surface area contributed by atoms with Crippen LogP contribution in [0.1, 0.15) is 58.8 Å². The van der Waals surface area contributed by atoms with Crippen molar-refractivity contribution < 1.29 is 9.53 Å². The Morgan fingerprint density at radius 1 is 1.00 bits per heavy atom. The van der Waals surface area contributed by atoms with Crippen LogP contribution in [-0.2, 0) is 9.53 Å². The van der Waals surface area contributed by atoms with Gasteiger partial charge in [0.05, 0.1) is 19.1 Å². The van der Waals surface area contributed by atoms with Crippen molar-refractivity contribution in [1.82, 2.24) is 10.6 Å². The van der Waals surface area contributed by atoms with Crippen LogP contribution >= 0.6 is 0 Å². The van der Waals surface area contributed by atoms with E-state index in [1.54, 1.807) is 0 Å². The molecule has 118 valence electrons. The second-order valence-electron chi connectivity index (χ2n) is 5.76. The summed E-state index contributed by atoms with van der Waals surface area (Å²) in [4.78, 5) is 12.1. The van der Waals surface area contributed by atoms with Gasteiger partial charge < -0.3 is 15.4 Å². The lowest BCUT2D eigenvalue weighted by Gasteiger charge is -2.18. The van der Waals surface area contributed by atoms with Crippen LogP contribution in [0.15, 0.2) is 0 Å². The van der Waals surface area contributed by atoms with Crippen LogP contribution in [0, 0.1) is 5.92 Å². The van der Waals surface area contributed by atoms with E-state index in [4.69, 9.17) is 4.74 Å². The summed E-state index contributed by atoms with van der Waals surface area (Å²) in [5.74, 6) is 0.145. The Morgan fingerprint density at radius 2 is 1.75 bits per heavy atom. The standard InChI is InChI=1S/C16H32N2O2/c1-3-5-6-7-8-9-11-18-16(19)14-12-20-13-15(14)17-10-4-2/h14-15,17H,3-13H2,1-2H3,(H,18,19). The van der Waals surface area contributed by atoms with Gasteiger partial charge in [-0.25, -0.2) is 0 Å². The zero-order valence-electron chi connectivity index (χ0n) is 13.2. The van der Waals surface area contributed by atoms with Crippen molar-refractivity contribution in [3.05, 3.63) is 0 Å². The van der Waals surface area contributed by atoms with Crippen LogP contribution in [0.5, 0.6) is 0 Å². The van der Waals surface area contributed by atoms with E-state index < -0.39 is 0 Å². The minimum absolute atomic E-state index is 0.0124. The molecule has 4 nitrogen and oxygen atoms in total. The molecule has 0 saturated carbocycles. The fourth-order valence-electron chi connectivity index (χ4n) is 2.59. The first-order chi connectivity index (χ1) is 9.79. The van der Waals surface area contributed by atoms with Gasteiger partial charge in [0.1, 0.15) is 0 Å². The number of unbranched alkanes of at least 4 members (excludes halogenated alkanes) is 5. The average Bonchev–Trinajstić information content (AvgIpc) is 2.92. The highest BCUT2D eigenvalue weighted by Gasteiger charge is 2.33. The molecule has 1 heterocycles. The smallest absolute Gasteiger partial charge is 0.227 e. The quantitative estimate of drug-likeness (QED) is 0.573. The molecule has 20 heavy (non-hydrogen) atoms. The summed E-state index contributed by atoms with van der Waals surface area (Å²) in [5.41, 5.74) is 0. The van der Waals surface area contributed by atoms with Crippen LogP contribution in [0.25, 0.3) is 0 Å². The number of nitrogens with one attached hydrogen (secondary N) is 2. The van der Waals surface area contributed by atoms with Crippen LogP contribution < -0.4 is 10.6 Å². The highest BCUT2D eigenvalue weighted by molar-refractivity contribution is 5.79. The maximum Gasteiger partial charge on any atom is 0.227 e. The summed E-state index contributed by atoms with van der Waals surface area (Å²) >= 11 is 0. The molecule has 1 rings (SSSR count). The fraction of sp³-hybridized carbons (Fsp3) is 0.938. The van der Waals surface area contributed by atoms with Crippen LogP contribution in [0.3, 0.4) is 0 Å². The molecule has 1 aliphatic rings. The normalized spacial score (nSPS) is 22.1. The lowest BCUT2D eigenvalue weighted by molar-refractivity contribution is -0.125. The minimum Gasteiger partial charge on any atom is -0.379 e. The Hall–Kier alpha value is -0.610. The molecule has 0 aliphatic carbocycles. The van der Waals surface area contributed by atoms with E-state index in [-0.39, 0.29) is 17.9 Å². The maximum atomic E-state index is 12.1. The molecule has 4 heteroatoms. The summed E-state index contributed by atoms with van der Waals surface area (Å²) in [6.07, 6.45) is 8.62.